The van der Waals surface area contributed by atoms with Gasteiger partial charge in [0.1, 0.15) is 5.75 Å². The van der Waals surface area contributed by atoms with Crippen molar-refractivity contribution in [2.75, 3.05) is 5.88 Å². The van der Waals surface area contributed by atoms with Crippen molar-refractivity contribution < 1.29 is 9.53 Å². The molecule has 0 N–H and O–H groups in total. The molecule has 94 valence electrons. The number of ether oxygens (including phenoxy) is 1. The van der Waals surface area contributed by atoms with Gasteiger partial charge in [0.05, 0.1) is 5.88 Å². The third-order valence-electron chi connectivity index (χ3n) is 2.62. The van der Waals surface area contributed by atoms with Crippen LogP contribution in [0.15, 0.2) is 24.3 Å². The van der Waals surface area contributed by atoms with Crippen LogP contribution in [-0.4, -0.2) is 17.8 Å². The minimum Gasteiger partial charge on any atom is -0.483 e. The lowest BCUT2D eigenvalue weighted by Gasteiger charge is -2.19. The van der Waals surface area contributed by atoms with E-state index in [-0.39, 0.29) is 17.1 Å². The van der Waals surface area contributed by atoms with Gasteiger partial charge < -0.3 is 4.74 Å². The fraction of sp³-hybridized carbons (Fsp3) is 0.500. The highest BCUT2D eigenvalue weighted by Crippen LogP contribution is 2.24. The van der Waals surface area contributed by atoms with Crippen molar-refractivity contribution in [3.05, 3.63) is 29.8 Å². The highest BCUT2D eigenvalue weighted by Gasteiger charge is 2.15. The summed E-state index contributed by atoms with van der Waals surface area (Å²) in [4.78, 5) is 11.3. The summed E-state index contributed by atoms with van der Waals surface area (Å²) in [5.41, 5.74) is 1.36. The number of carbonyl (C=O) groups is 1. The van der Waals surface area contributed by atoms with E-state index in [9.17, 15) is 4.79 Å². The van der Waals surface area contributed by atoms with Gasteiger partial charge >= 0.3 is 0 Å². The lowest BCUT2D eigenvalue weighted by atomic mass is 9.87. The summed E-state index contributed by atoms with van der Waals surface area (Å²) in [5.74, 6) is 0.580. The van der Waals surface area contributed by atoms with Gasteiger partial charge in [-0.1, -0.05) is 32.9 Å². The number of carbonyl (C=O) groups excluding carboxylic acids is 1. The van der Waals surface area contributed by atoms with E-state index in [1.165, 1.54) is 5.56 Å². The molecule has 0 aliphatic heterocycles. The molecule has 1 atom stereocenters. The summed E-state index contributed by atoms with van der Waals surface area (Å²) in [6, 6.07) is 7.82. The molecule has 1 unspecified atom stereocenters. The SMILES string of the molecule is CC(Oc1ccc(C(C)(C)C)cc1)C(=O)CCl. The Bertz CT molecular complexity index is 376. The van der Waals surface area contributed by atoms with Gasteiger partial charge in [-0.05, 0) is 30.0 Å². The summed E-state index contributed by atoms with van der Waals surface area (Å²) in [5, 5.41) is 0. The minimum absolute atomic E-state index is 0.0127. The Morgan fingerprint density at radius 2 is 1.82 bits per heavy atom. The van der Waals surface area contributed by atoms with Crippen molar-refractivity contribution in [2.45, 2.75) is 39.2 Å². The number of rotatable bonds is 4. The highest BCUT2D eigenvalue weighted by molar-refractivity contribution is 6.28. The van der Waals surface area contributed by atoms with Crippen LogP contribution < -0.4 is 4.74 Å². The topological polar surface area (TPSA) is 26.3 Å². The van der Waals surface area contributed by atoms with Gasteiger partial charge in [-0.15, -0.1) is 11.6 Å². The van der Waals surface area contributed by atoms with Gasteiger partial charge in [-0.2, -0.15) is 0 Å². The van der Waals surface area contributed by atoms with Crippen molar-refractivity contribution in [3.8, 4) is 5.75 Å². The van der Waals surface area contributed by atoms with Gasteiger partial charge in [0.15, 0.2) is 11.9 Å². The van der Waals surface area contributed by atoms with Crippen molar-refractivity contribution >= 4 is 17.4 Å². The maximum absolute atomic E-state index is 11.3. The van der Waals surface area contributed by atoms with Crippen LogP contribution >= 0.6 is 11.6 Å². The molecule has 1 rings (SSSR count). The van der Waals surface area contributed by atoms with E-state index in [0.717, 1.165) is 0 Å². The molecule has 3 heteroatoms. The molecule has 2 nitrogen and oxygen atoms in total. The largest absolute Gasteiger partial charge is 0.483 e. The number of alkyl halides is 1. The zero-order valence-corrected chi connectivity index (χ0v) is 11.5. The number of ketones is 1. The average Bonchev–Trinajstić information content (AvgIpc) is 2.27. The van der Waals surface area contributed by atoms with Crippen molar-refractivity contribution in [1.82, 2.24) is 0 Å². The predicted octanol–water partition coefficient (Wildman–Crippen LogP) is 3.56. The highest BCUT2D eigenvalue weighted by atomic mass is 35.5. The maximum Gasteiger partial charge on any atom is 0.187 e. The Kier molecular flexibility index (Phi) is 4.58. The number of halogens is 1. The molecule has 0 bridgehead atoms. The maximum atomic E-state index is 11.3. The molecule has 1 aromatic carbocycles. The number of benzene rings is 1. The zero-order chi connectivity index (χ0) is 13.1. The average molecular weight is 255 g/mol. The van der Waals surface area contributed by atoms with E-state index in [2.05, 4.69) is 20.8 Å². The third kappa shape index (κ3) is 4.04. The molecule has 0 saturated heterocycles. The molecule has 0 saturated carbocycles. The first-order valence-electron chi connectivity index (χ1n) is 5.70. The summed E-state index contributed by atoms with van der Waals surface area (Å²) in [6.07, 6.45) is -0.493. The molecule has 0 aliphatic carbocycles. The summed E-state index contributed by atoms with van der Waals surface area (Å²) >= 11 is 5.47. The normalized spacial score (nSPS) is 13.2. The van der Waals surface area contributed by atoms with Gasteiger partial charge in [0.25, 0.3) is 0 Å². The molecule has 0 aliphatic rings. The molecule has 0 fully saturated rings. The van der Waals surface area contributed by atoms with Crippen LogP contribution in [0.4, 0.5) is 0 Å². The predicted molar refractivity (Wildman–Crippen MR) is 71.0 cm³/mol. The first-order chi connectivity index (χ1) is 7.84. The Morgan fingerprint density at radius 1 is 1.29 bits per heavy atom. The van der Waals surface area contributed by atoms with Crippen LogP contribution in [0, 0.1) is 0 Å². The molecule has 0 heterocycles. The van der Waals surface area contributed by atoms with Gasteiger partial charge in [-0.25, -0.2) is 0 Å². The number of hydrogen-bond acceptors (Lipinski definition) is 2. The van der Waals surface area contributed by atoms with Crippen molar-refractivity contribution in [2.24, 2.45) is 0 Å². The number of hydrogen-bond donors (Lipinski definition) is 0. The molecule has 0 spiro atoms. The van der Waals surface area contributed by atoms with E-state index in [0.29, 0.717) is 5.75 Å². The van der Waals surface area contributed by atoms with Gasteiger partial charge in [0.2, 0.25) is 0 Å². The Labute approximate surface area is 108 Å². The first kappa shape index (κ1) is 14.0. The zero-order valence-electron chi connectivity index (χ0n) is 10.8. The van der Waals surface area contributed by atoms with E-state index in [4.69, 9.17) is 16.3 Å². The summed E-state index contributed by atoms with van der Waals surface area (Å²) < 4.78 is 5.50. The second-order valence-corrected chi connectivity index (χ2v) is 5.40. The van der Waals surface area contributed by atoms with Crippen LogP contribution in [0.5, 0.6) is 5.75 Å². The third-order valence-corrected chi connectivity index (χ3v) is 2.88. The molecule has 17 heavy (non-hydrogen) atoms. The summed E-state index contributed by atoms with van der Waals surface area (Å²) in [7, 11) is 0. The van der Waals surface area contributed by atoms with E-state index >= 15 is 0 Å². The lowest BCUT2D eigenvalue weighted by Crippen LogP contribution is -2.24. The molecule has 0 aromatic heterocycles. The molecule has 0 radical (unpaired) electrons. The Morgan fingerprint density at radius 3 is 2.24 bits per heavy atom. The van der Waals surface area contributed by atoms with Crippen LogP contribution in [-0.2, 0) is 10.2 Å². The number of Topliss-reactive ketones (excluding diaryl/α,β-unsaturated/α-hetero) is 1. The quantitative estimate of drug-likeness (QED) is 0.768. The monoisotopic (exact) mass is 254 g/mol. The van der Waals surface area contributed by atoms with Crippen molar-refractivity contribution in [1.29, 1.82) is 0 Å². The van der Waals surface area contributed by atoms with Crippen LogP contribution in [0.1, 0.15) is 33.3 Å². The van der Waals surface area contributed by atoms with Crippen LogP contribution in [0.25, 0.3) is 0 Å². The minimum atomic E-state index is -0.493. The Hall–Kier alpha value is -1.02. The standard InChI is InChI=1S/C14H19ClO2/c1-10(13(16)9-15)17-12-7-5-11(6-8-12)14(2,3)4/h5-8,10H,9H2,1-4H3. The lowest BCUT2D eigenvalue weighted by molar-refractivity contribution is -0.122. The van der Waals surface area contributed by atoms with Crippen molar-refractivity contribution in [3.63, 3.8) is 0 Å². The molecular formula is C14H19ClO2. The van der Waals surface area contributed by atoms with E-state index in [1.807, 2.05) is 24.3 Å². The summed E-state index contributed by atoms with van der Waals surface area (Å²) in [6.45, 7) is 8.18. The van der Waals surface area contributed by atoms with Gasteiger partial charge in [0, 0.05) is 0 Å². The smallest absolute Gasteiger partial charge is 0.187 e. The van der Waals surface area contributed by atoms with Gasteiger partial charge in [-0.3, -0.25) is 4.79 Å². The van der Waals surface area contributed by atoms with Crippen LogP contribution in [0.3, 0.4) is 0 Å². The molecule has 0 amide bonds. The van der Waals surface area contributed by atoms with E-state index in [1.54, 1.807) is 6.92 Å². The second-order valence-electron chi connectivity index (χ2n) is 5.13. The fourth-order valence-corrected chi connectivity index (χ4v) is 1.63. The van der Waals surface area contributed by atoms with Crippen LogP contribution in [0.2, 0.25) is 0 Å². The molecule has 1 aromatic rings. The fourth-order valence-electron chi connectivity index (χ4n) is 1.41. The first-order valence-corrected chi connectivity index (χ1v) is 6.24. The Balaban J connectivity index is 2.72. The second kappa shape index (κ2) is 5.54. The molecular weight excluding hydrogens is 236 g/mol. The van der Waals surface area contributed by atoms with E-state index < -0.39 is 6.10 Å².